The molecule has 190 valence electrons. The van der Waals surface area contributed by atoms with Gasteiger partial charge in [0, 0.05) is 12.1 Å². The predicted octanol–water partition coefficient (Wildman–Crippen LogP) is 3.80. The van der Waals surface area contributed by atoms with E-state index in [0.717, 1.165) is 18.4 Å². The molecule has 1 aromatic rings. The summed E-state index contributed by atoms with van der Waals surface area (Å²) in [5, 5.41) is 15.4. The Bertz CT molecular complexity index is 847. The molecule has 8 heteroatoms. The van der Waals surface area contributed by atoms with Crippen LogP contribution in [0.15, 0.2) is 30.8 Å². The lowest BCUT2D eigenvalue weighted by atomic mass is 9.98. The van der Waals surface area contributed by atoms with Gasteiger partial charge in [0.15, 0.2) is 0 Å². The minimum absolute atomic E-state index is 0.0831. The summed E-state index contributed by atoms with van der Waals surface area (Å²) in [7, 11) is 0. The van der Waals surface area contributed by atoms with Gasteiger partial charge in [-0.05, 0) is 65.2 Å². The lowest BCUT2D eigenvalue weighted by Gasteiger charge is -2.37. The van der Waals surface area contributed by atoms with Gasteiger partial charge in [0.25, 0.3) is 0 Å². The van der Waals surface area contributed by atoms with Crippen LogP contribution in [0.25, 0.3) is 6.08 Å². The number of hydrogen-bond acceptors (Lipinski definition) is 5. The number of carbonyl (C=O) groups excluding carboxylic acids is 3. The Labute approximate surface area is 203 Å². The predicted molar refractivity (Wildman–Crippen MR) is 134 cm³/mol. The fourth-order valence-corrected chi connectivity index (χ4v) is 3.62. The second-order valence-corrected chi connectivity index (χ2v) is 9.70. The third-order valence-corrected chi connectivity index (χ3v) is 5.08. The number of aliphatic hydroxyl groups is 1. The monoisotopic (exact) mass is 475 g/mol. The highest BCUT2D eigenvalue weighted by Gasteiger charge is 2.38. The van der Waals surface area contributed by atoms with Crippen LogP contribution in [0, 0.1) is 0 Å². The molecule has 0 saturated carbocycles. The number of hydrogen-bond donors (Lipinski definition) is 3. The highest BCUT2D eigenvalue weighted by Crippen LogP contribution is 2.26. The first-order chi connectivity index (χ1) is 15.8. The van der Waals surface area contributed by atoms with E-state index in [2.05, 4.69) is 17.2 Å². The van der Waals surface area contributed by atoms with Crippen LogP contribution in [0.5, 0.6) is 0 Å². The second-order valence-electron chi connectivity index (χ2n) is 9.70. The van der Waals surface area contributed by atoms with Gasteiger partial charge in [-0.15, -0.1) is 0 Å². The molecule has 3 atom stereocenters. The highest BCUT2D eigenvalue weighted by molar-refractivity contribution is 5.92. The number of ether oxygens (including phenoxy) is 1. The van der Waals surface area contributed by atoms with Crippen LogP contribution in [0.3, 0.4) is 0 Å². The topological polar surface area (TPSA) is 108 Å². The van der Waals surface area contributed by atoms with E-state index in [0.29, 0.717) is 5.56 Å². The van der Waals surface area contributed by atoms with E-state index in [-0.39, 0.29) is 11.9 Å². The quantitative estimate of drug-likeness (QED) is 0.451. The summed E-state index contributed by atoms with van der Waals surface area (Å²) in [6.07, 6.45) is 2.53. The van der Waals surface area contributed by atoms with Gasteiger partial charge in [-0.25, -0.2) is 4.79 Å². The lowest BCUT2D eigenvalue weighted by molar-refractivity contribution is -0.145. The standard InChI is InChI=1S/C26H41N3O5/c1-9-12-18(5)27-23(31)22(20-14-11-13-19(10-2)15-20)29(17(3)4)24(32)21(16-30)28-25(33)34-26(6,7)8/h10-11,13-15,17-18,21-22,30H,2,9,12,16H2,1,3-8H3,(H,27,31)(H,28,33). The Hall–Kier alpha value is -2.87. The molecule has 0 aliphatic rings. The molecule has 0 spiro atoms. The third kappa shape index (κ3) is 8.82. The van der Waals surface area contributed by atoms with E-state index in [1.807, 2.05) is 19.9 Å². The molecule has 3 unspecified atom stereocenters. The van der Waals surface area contributed by atoms with Crippen molar-refractivity contribution in [3.63, 3.8) is 0 Å². The number of benzene rings is 1. The molecular weight excluding hydrogens is 434 g/mol. The van der Waals surface area contributed by atoms with Crippen molar-refractivity contribution in [2.75, 3.05) is 6.61 Å². The summed E-state index contributed by atoms with van der Waals surface area (Å²) >= 11 is 0. The van der Waals surface area contributed by atoms with Crippen LogP contribution < -0.4 is 10.6 Å². The van der Waals surface area contributed by atoms with Crippen molar-refractivity contribution in [2.24, 2.45) is 0 Å². The first kappa shape index (κ1) is 29.2. The van der Waals surface area contributed by atoms with Crippen molar-refractivity contribution in [1.82, 2.24) is 15.5 Å². The van der Waals surface area contributed by atoms with E-state index >= 15 is 0 Å². The van der Waals surface area contributed by atoms with Crippen molar-refractivity contribution < 1.29 is 24.2 Å². The van der Waals surface area contributed by atoms with E-state index in [4.69, 9.17) is 4.74 Å². The van der Waals surface area contributed by atoms with Gasteiger partial charge in [-0.3, -0.25) is 9.59 Å². The zero-order valence-electron chi connectivity index (χ0n) is 21.6. The van der Waals surface area contributed by atoms with E-state index in [1.54, 1.807) is 58.9 Å². The molecule has 0 aliphatic carbocycles. The van der Waals surface area contributed by atoms with Crippen molar-refractivity contribution in [1.29, 1.82) is 0 Å². The molecule has 3 amide bonds. The van der Waals surface area contributed by atoms with Crippen molar-refractivity contribution >= 4 is 24.0 Å². The van der Waals surface area contributed by atoms with E-state index in [9.17, 15) is 19.5 Å². The van der Waals surface area contributed by atoms with Crippen molar-refractivity contribution in [3.05, 3.63) is 42.0 Å². The minimum Gasteiger partial charge on any atom is -0.444 e. The molecule has 0 fully saturated rings. The summed E-state index contributed by atoms with van der Waals surface area (Å²) in [6.45, 7) is 15.8. The van der Waals surface area contributed by atoms with Gasteiger partial charge >= 0.3 is 6.09 Å². The normalized spacial score (nSPS) is 14.0. The average Bonchev–Trinajstić information content (AvgIpc) is 2.73. The van der Waals surface area contributed by atoms with Crippen LogP contribution in [0.1, 0.15) is 78.5 Å². The molecule has 0 saturated heterocycles. The van der Waals surface area contributed by atoms with Gasteiger partial charge in [-0.1, -0.05) is 44.2 Å². The maximum atomic E-state index is 13.6. The smallest absolute Gasteiger partial charge is 0.408 e. The molecule has 0 aliphatic heterocycles. The zero-order chi connectivity index (χ0) is 26.1. The van der Waals surface area contributed by atoms with Gasteiger partial charge in [-0.2, -0.15) is 0 Å². The van der Waals surface area contributed by atoms with Crippen molar-refractivity contribution in [3.8, 4) is 0 Å². The molecule has 0 aromatic heterocycles. The molecule has 1 rings (SSSR count). The highest BCUT2D eigenvalue weighted by atomic mass is 16.6. The molecule has 1 aromatic carbocycles. The minimum atomic E-state index is -1.27. The van der Waals surface area contributed by atoms with Crippen LogP contribution in [0.4, 0.5) is 4.79 Å². The van der Waals surface area contributed by atoms with Gasteiger partial charge < -0.3 is 25.4 Å². The van der Waals surface area contributed by atoms with Crippen LogP contribution >= 0.6 is 0 Å². The number of alkyl carbamates (subject to hydrolysis) is 1. The first-order valence-electron chi connectivity index (χ1n) is 11.8. The Morgan fingerprint density at radius 3 is 2.32 bits per heavy atom. The molecule has 34 heavy (non-hydrogen) atoms. The number of nitrogens with one attached hydrogen (secondary N) is 2. The Kier molecular flexibility index (Phi) is 11.3. The maximum absolute atomic E-state index is 13.6. The number of rotatable bonds is 11. The number of carbonyl (C=O) groups is 3. The largest absolute Gasteiger partial charge is 0.444 e. The van der Waals surface area contributed by atoms with Crippen LogP contribution in [-0.4, -0.2) is 58.2 Å². The fraction of sp³-hybridized carbons (Fsp3) is 0.577. The lowest BCUT2D eigenvalue weighted by Crippen LogP contribution is -2.56. The molecule has 3 N–H and O–H groups in total. The average molecular weight is 476 g/mol. The number of aliphatic hydroxyl groups excluding tert-OH is 1. The fourth-order valence-electron chi connectivity index (χ4n) is 3.62. The second kappa shape index (κ2) is 13.1. The number of nitrogens with zero attached hydrogens (tertiary/aromatic N) is 1. The van der Waals surface area contributed by atoms with E-state index in [1.165, 1.54) is 4.90 Å². The SMILES string of the molecule is C=Cc1cccc(C(C(=O)NC(C)CCC)N(C(=O)C(CO)NC(=O)OC(C)(C)C)C(C)C)c1. The van der Waals surface area contributed by atoms with Crippen molar-refractivity contribution in [2.45, 2.75) is 91.1 Å². The molecule has 0 heterocycles. The Balaban J connectivity index is 3.41. The Morgan fingerprint density at radius 1 is 1.18 bits per heavy atom. The third-order valence-electron chi connectivity index (χ3n) is 5.08. The van der Waals surface area contributed by atoms with Gasteiger partial charge in [0.2, 0.25) is 11.8 Å². The summed E-state index contributed by atoms with van der Waals surface area (Å²) in [6, 6.07) is 4.50. The first-order valence-corrected chi connectivity index (χ1v) is 11.8. The zero-order valence-corrected chi connectivity index (χ0v) is 21.6. The summed E-state index contributed by atoms with van der Waals surface area (Å²) in [5.41, 5.74) is 0.640. The van der Waals surface area contributed by atoms with Gasteiger partial charge in [0.05, 0.1) is 6.61 Å². The summed E-state index contributed by atoms with van der Waals surface area (Å²) in [4.78, 5) is 40.8. The molecule has 0 bridgehead atoms. The molecular formula is C26H41N3O5. The van der Waals surface area contributed by atoms with Crippen LogP contribution in [0.2, 0.25) is 0 Å². The summed E-state index contributed by atoms with van der Waals surface area (Å²) in [5.74, 6) is -0.922. The van der Waals surface area contributed by atoms with Crippen LogP contribution in [-0.2, 0) is 14.3 Å². The molecule has 0 radical (unpaired) electrons. The summed E-state index contributed by atoms with van der Waals surface area (Å²) < 4.78 is 5.24. The maximum Gasteiger partial charge on any atom is 0.408 e. The Morgan fingerprint density at radius 2 is 1.82 bits per heavy atom. The van der Waals surface area contributed by atoms with Gasteiger partial charge in [0.1, 0.15) is 17.7 Å². The molecule has 8 nitrogen and oxygen atoms in total. The number of amides is 3. The van der Waals surface area contributed by atoms with E-state index < -0.39 is 42.3 Å².